The van der Waals surface area contributed by atoms with E-state index in [9.17, 15) is 0 Å². The SMILES string of the molecule is N#Cc1ccc(-c2nc(N3CCCCCC3)no2)[nH]1. The molecule has 0 atom stereocenters. The second-order valence-electron chi connectivity index (χ2n) is 4.70. The predicted octanol–water partition coefficient (Wildman–Crippen LogP) is 2.32. The first-order valence-electron chi connectivity index (χ1n) is 6.55. The van der Waals surface area contributed by atoms with Crippen LogP contribution in [0.5, 0.6) is 0 Å². The van der Waals surface area contributed by atoms with Gasteiger partial charge < -0.3 is 14.4 Å². The predicted molar refractivity (Wildman–Crippen MR) is 69.5 cm³/mol. The van der Waals surface area contributed by atoms with Gasteiger partial charge in [0.1, 0.15) is 17.5 Å². The number of aromatic amines is 1. The standard InChI is InChI=1S/C13H15N5O/c14-9-10-5-6-11(15-10)12-16-13(17-19-12)18-7-3-1-2-4-8-18/h5-6,15H,1-4,7-8H2. The molecule has 0 aromatic carbocycles. The number of rotatable bonds is 2. The zero-order valence-electron chi connectivity index (χ0n) is 10.6. The summed E-state index contributed by atoms with van der Waals surface area (Å²) in [6.45, 7) is 1.96. The maximum Gasteiger partial charge on any atom is 0.275 e. The maximum absolute atomic E-state index is 8.78. The molecular weight excluding hydrogens is 242 g/mol. The Morgan fingerprint density at radius 1 is 1.21 bits per heavy atom. The number of hydrogen-bond donors (Lipinski definition) is 1. The smallest absolute Gasteiger partial charge is 0.275 e. The van der Waals surface area contributed by atoms with E-state index in [0.717, 1.165) is 13.1 Å². The molecule has 1 aliphatic heterocycles. The van der Waals surface area contributed by atoms with Gasteiger partial charge in [0.2, 0.25) is 0 Å². The number of H-pyrrole nitrogens is 1. The second kappa shape index (κ2) is 5.14. The molecule has 0 unspecified atom stereocenters. The van der Waals surface area contributed by atoms with Crippen LogP contribution in [0.4, 0.5) is 5.95 Å². The quantitative estimate of drug-likeness (QED) is 0.892. The first-order valence-corrected chi connectivity index (χ1v) is 6.55. The van der Waals surface area contributed by atoms with Gasteiger partial charge in [-0.3, -0.25) is 0 Å². The van der Waals surface area contributed by atoms with Crippen LogP contribution in [0.15, 0.2) is 16.7 Å². The Balaban J connectivity index is 1.80. The Bertz CT molecular complexity index is 586. The number of hydrogen-bond acceptors (Lipinski definition) is 5. The largest absolute Gasteiger partial charge is 0.342 e. The van der Waals surface area contributed by atoms with Crippen molar-refractivity contribution in [2.24, 2.45) is 0 Å². The average Bonchev–Trinajstić information content (AvgIpc) is 3.02. The minimum absolute atomic E-state index is 0.431. The normalized spacial score (nSPS) is 16.1. The zero-order chi connectivity index (χ0) is 13.1. The highest BCUT2D eigenvalue weighted by Gasteiger charge is 2.17. The fourth-order valence-electron chi connectivity index (χ4n) is 2.31. The van der Waals surface area contributed by atoms with Gasteiger partial charge in [0.15, 0.2) is 0 Å². The Labute approximate surface area is 111 Å². The van der Waals surface area contributed by atoms with Gasteiger partial charge in [0.05, 0.1) is 0 Å². The minimum atomic E-state index is 0.431. The first-order chi connectivity index (χ1) is 9.36. The topological polar surface area (TPSA) is 81.7 Å². The van der Waals surface area contributed by atoms with Crippen LogP contribution in [0.25, 0.3) is 11.6 Å². The summed E-state index contributed by atoms with van der Waals surface area (Å²) in [5, 5.41) is 12.8. The second-order valence-corrected chi connectivity index (χ2v) is 4.70. The van der Waals surface area contributed by atoms with Crippen molar-refractivity contribution in [2.45, 2.75) is 25.7 Å². The van der Waals surface area contributed by atoms with Gasteiger partial charge in [0, 0.05) is 13.1 Å². The maximum atomic E-state index is 8.78. The van der Waals surface area contributed by atoms with Crippen molar-refractivity contribution in [1.82, 2.24) is 15.1 Å². The number of anilines is 1. The van der Waals surface area contributed by atoms with E-state index in [4.69, 9.17) is 9.78 Å². The molecule has 2 aromatic rings. The molecule has 0 bridgehead atoms. The molecule has 0 radical (unpaired) electrons. The molecule has 19 heavy (non-hydrogen) atoms. The lowest BCUT2D eigenvalue weighted by Gasteiger charge is -2.16. The van der Waals surface area contributed by atoms with E-state index in [2.05, 4.69) is 20.0 Å². The number of nitrogens with zero attached hydrogens (tertiary/aromatic N) is 4. The lowest BCUT2D eigenvalue weighted by Crippen LogP contribution is -2.24. The molecule has 0 aliphatic carbocycles. The molecule has 98 valence electrons. The first kappa shape index (κ1) is 11.8. The highest BCUT2D eigenvalue weighted by atomic mass is 16.5. The van der Waals surface area contributed by atoms with E-state index in [-0.39, 0.29) is 0 Å². The monoisotopic (exact) mass is 257 g/mol. The van der Waals surface area contributed by atoms with Gasteiger partial charge in [-0.1, -0.05) is 12.8 Å². The van der Waals surface area contributed by atoms with E-state index in [1.165, 1.54) is 25.7 Å². The van der Waals surface area contributed by atoms with E-state index < -0.39 is 0 Å². The molecule has 0 spiro atoms. The van der Waals surface area contributed by atoms with E-state index >= 15 is 0 Å². The van der Waals surface area contributed by atoms with Gasteiger partial charge in [0.25, 0.3) is 11.8 Å². The summed E-state index contributed by atoms with van der Waals surface area (Å²) >= 11 is 0. The highest BCUT2D eigenvalue weighted by molar-refractivity contribution is 5.51. The van der Waals surface area contributed by atoms with Gasteiger partial charge >= 0.3 is 0 Å². The average molecular weight is 257 g/mol. The van der Waals surface area contributed by atoms with Crippen molar-refractivity contribution in [1.29, 1.82) is 5.26 Å². The molecule has 1 fully saturated rings. The summed E-state index contributed by atoms with van der Waals surface area (Å²) < 4.78 is 5.26. The minimum Gasteiger partial charge on any atom is -0.342 e. The van der Waals surface area contributed by atoms with Crippen LogP contribution in [0.1, 0.15) is 31.4 Å². The highest BCUT2D eigenvalue weighted by Crippen LogP contribution is 2.21. The molecule has 0 amide bonds. The van der Waals surface area contributed by atoms with Crippen LogP contribution in [-0.2, 0) is 0 Å². The van der Waals surface area contributed by atoms with Crippen molar-refractivity contribution < 1.29 is 4.52 Å². The van der Waals surface area contributed by atoms with Crippen LogP contribution in [-0.4, -0.2) is 28.2 Å². The van der Waals surface area contributed by atoms with E-state index in [0.29, 0.717) is 23.2 Å². The Morgan fingerprint density at radius 2 is 2.00 bits per heavy atom. The van der Waals surface area contributed by atoms with Gasteiger partial charge in [-0.2, -0.15) is 10.2 Å². The number of aromatic nitrogens is 3. The summed E-state index contributed by atoms with van der Waals surface area (Å²) in [5.41, 5.74) is 1.18. The van der Waals surface area contributed by atoms with Crippen LogP contribution in [0.2, 0.25) is 0 Å². The van der Waals surface area contributed by atoms with Gasteiger partial charge in [-0.05, 0) is 30.1 Å². The van der Waals surface area contributed by atoms with Crippen molar-refractivity contribution in [3.63, 3.8) is 0 Å². The number of nitriles is 1. The lowest BCUT2D eigenvalue weighted by molar-refractivity contribution is 0.428. The third-order valence-electron chi connectivity index (χ3n) is 3.34. The van der Waals surface area contributed by atoms with Gasteiger partial charge in [-0.25, -0.2) is 0 Å². The summed E-state index contributed by atoms with van der Waals surface area (Å²) in [6, 6.07) is 5.52. The zero-order valence-corrected chi connectivity index (χ0v) is 10.6. The van der Waals surface area contributed by atoms with Crippen LogP contribution < -0.4 is 4.90 Å². The molecule has 2 aromatic heterocycles. The molecular formula is C13H15N5O. The molecule has 3 rings (SSSR count). The summed E-state index contributed by atoms with van der Waals surface area (Å²) in [7, 11) is 0. The Hall–Kier alpha value is -2.29. The summed E-state index contributed by atoms with van der Waals surface area (Å²) in [5.74, 6) is 1.07. The Morgan fingerprint density at radius 3 is 2.68 bits per heavy atom. The fraction of sp³-hybridized carbons (Fsp3) is 0.462. The van der Waals surface area contributed by atoms with Crippen LogP contribution >= 0.6 is 0 Å². The fourth-order valence-corrected chi connectivity index (χ4v) is 2.31. The van der Waals surface area contributed by atoms with Crippen molar-refractivity contribution in [2.75, 3.05) is 18.0 Å². The molecule has 1 aliphatic rings. The van der Waals surface area contributed by atoms with Crippen LogP contribution in [0.3, 0.4) is 0 Å². The lowest BCUT2D eigenvalue weighted by atomic mass is 10.2. The van der Waals surface area contributed by atoms with Crippen molar-refractivity contribution >= 4 is 5.95 Å². The van der Waals surface area contributed by atoms with Crippen molar-refractivity contribution in [3.8, 4) is 17.7 Å². The van der Waals surface area contributed by atoms with E-state index in [1.54, 1.807) is 12.1 Å². The third-order valence-corrected chi connectivity index (χ3v) is 3.34. The molecule has 3 heterocycles. The molecule has 0 saturated carbocycles. The summed E-state index contributed by atoms with van der Waals surface area (Å²) in [4.78, 5) is 9.49. The molecule has 1 N–H and O–H groups in total. The number of nitrogens with one attached hydrogen (secondary N) is 1. The van der Waals surface area contributed by atoms with Gasteiger partial charge in [-0.15, -0.1) is 0 Å². The summed E-state index contributed by atoms with van der Waals surface area (Å²) in [6.07, 6.45) is 4.88. The van der Waals surface area contributed by atoms with Crippen molar-refractivity contribution in [3.05, 3.63) is 17.8 Å². The third kappa shape index (κ3) is 2.45. The molecule has 6 heteroatoms. The van der Waals surface area contributed by atoms with E-state index in [1.807, 2.05) is 6.07 Å². The van der Waals surface area contributed by atoms with Crippen LogP contribution in [0, 0.1) is 11.3 Å². The molecule has 6 nitrogen and oxygen atoms in total. The molecule has 1 saturated heterocycles. The Kier molecular flexibility index (Phi) is 3.19.